The van der Waals surface area contributed by atoms with Crippen LogP contribution in [0.4, 0.5) is 5.69 Å². The molecule has 1 aliphatic rings. The standard InChI is InChI=1S/C31H35Cl2N3O5S/c1-3-27(31(38)34-23-12-7-8-13-23)35(20-22-11-9-14-24(19-22)41-2)29(37)21-36(28-18-10-17-26(32)30(28)33)42(39,40)25-15-5-4-6-16-25/h4-6,9-11,14-19,23,27H,3,7-8,12-13,20-21H2,1-2H3,(H,34,38)/t27-/m1/s1. The van der Waals surface area contributed by atoms with Gasteiger partial charge in [0.1, 0.15) is 18.3 Å². The first-order chi connectivity index (χ1) is 20.1. The van der Waals surface area contributed by atoms with Crippen molar-refractivity contribution < 1.29 is 22.7 Å². The van der Waals surface area contributed by atoms with Crippen LogP contribution in [-0.4, -0.2) is 50.9 Å². The number of hydrogen-bond donors (Lipinski definition) is 1. The molecule has 0 spiro atoms. The number of halogens is 2. The second-order valence-electron chi connectivity index (χ2n) is 10.2. The number of carbonyl (C=O) groups excluding carboxylic acids is 2. The number of carbonyl (C=O) groups is 2. The quantitative estimate of drug-likeness (QED) is 0.262. The fourth-order valence-electron chi connectivity index (χ4n) is 5.17. The van der Waals surface area contributed by atoms with Crippen molar-refractivity contribution in [3.05, 3.63) is 88.4 Å². The minimum Gasteiger partial charge on any atom is -0.497 e. The lowest BCUT2D eigenvalue weighted by Crippen LogP contribution is -2.53. The maximum Gasteiger partial charge on any atom is 0.264 e. The molecular formula is C31H35Cl2N3O5S. The van der Waals surface area contributed by atoms with E-state index in [9.17, 15) is 18.0 Å². The smallest absolute Gasteiger partial charge is 0.264 e. The van der Waals surface area contributed by atoms with Gasteiger partial charge in [-0.15, -0.1) is 0 Å². The van der Waals surface area contributed by atoms with Gasteiger partial charge >= 0.3 is 0 Å². The largest absolute Gasteiger partial charge is 0.497 e. The lowest BCUT2D eigenvalue weighted by atomic mass is 10.1. The van der Waals surface area contributed by atoms with Gasteiger partial charge in [0.25, 0.3) is 10.0 Å². The molecule has 0 radical (unpaired) electrons. The molecule has 0 saturated heterocycles. The Morgan fingerprint density at radius 3 is 2.36 bits per heavy atom. The van der Waals surface area contributed by atoms with Crippen LogP contribution >= 0.6 is 23.2 Å². The van der Waals surface area contributed by atoms with Gasteiger partial charge in [-0.1, -0.05) is 79.4 Å². The molecule has 3 aromatic rings. The first-order valence-corrected chi connectivity index (χ1v) is 16.1. The van der Waals surface area contributed by atoms with Gasteiger partial charge < -0.3 is 15.0 Å². The third-order valence-corrected chi connectivity index (χ3v) is 9.97. The van der Waals surface area contributed by atoms with Crippen molar-refractivity contribution >= 4 is 50.7 Å². The summed E-state index contributed by atoms with van der Waals surface area (Å²) in [5, 5.41) is 3.24. The third kappa shape index (κ3) is 7.38. The second kappa shape index (κ2) is 14.3. The van der Waals surface area contributed by atoms with E-state index in [1.165, 1.54) is 29.2 Å². The summed E-state index contributed by atoms with van der Waals surface area (Å²) >= 11 is 12.8. The predicted octanol–water partition coefficient (Wildman–Crippen LogP) is 6.06. The zero-order chi connectivity index (χ0) is 30.3. The van der Waals surface area contributed by atoms with Crippen molar-refractivity contribution in [1.82, 2.24) is 10.2 Å². The summed E-state index contributed by atoms with van der Waals surface area (Å²) in [7, 11) is -2.71. The average molecular weight is 633 g/mol. The number of methoxy groups -OCH3 is 1. The highest BCUT2D eigenvalue weighted by atomic mass is 35.5. The molecule has 42 heavy (non-hydrogen) atoms. The van der Waals surface area contributed by atoms with Crippen LogP contribution in [0, 0.1) is 0 Å². The Bertz CT molecular complexity index is 1500. The summed E-state index contributed by atoms with van der Waals surface area (Å²) in [4.78, 5) is 29.2. The first kappa shape index (κ1) is 31.7. The van der Waals surface area contributed by atoms with Crippen LogP contribution in [0.3, 0.4) is 0 Å². The van der Waals surface area contributed by atoms with Crippen molar-refractivity contribution in [3.8, 4) is 5.75 Å². The molecule has 0 unspecified atom stereocenters. The molecule has 0 aliphatic heterocycles. The summed E-state index contributed by atoms with van der Waals surface area (Å²) in [5.74, 6) is -0.233. The highest BCUT2D eigenvalue weighted by molar-refractivity contribution is 7.92. The number of hydrogen-bond acceptors (Lipinski definition) is 5. The summed E-state index contributed by atoms with van der Waals surface area (Å²) in [6.45, 7) is 1.29. The van der Waals surface area contributed by atoms with E-state index in [1.54, 1.807) is 49.6 Å². The summed E-state index contributed by atoms with van der Waals surface area (Å²) in [6, 6.07) is 18.8. The van der Waals surface area contributed by atoms with Crippen molar-refractivity contribution in [2.75, 3.05) is 18.0 Å². The van der Waals surface area contributed by atoms with E-state index in [4.69, 9.17) is 27.9 Å². The van der Waals surface area contributed by atoms with Gasteiger partial charge in [-0.25, -0.2) is 8.42 Å². The highest BCUT2D eigenvalue weighted by Crippen LogP contribution is 2.35. The van der Waals surface area contributed by atoms with Gasteiger partial charge in [0.05, 0.1) is 27.7 Å². The zero-order valence-electron chi connectivity index (χ0n) is 23.6. The van der Waals surface area contributed by atoms with Crippen LogP contribution < -0.4 is 14.4 Å². The van der Waals surface area contributed by atoms with Crippen molar-refractivity contribution in [1.29, 1.82) is 0 Å². The topological polar surface area (TPSA) is 96.0 Å². The monoisotopic (exact) mass is 631 g/mol. The zero-order valence-corrected chi connectivity index (χ0v) is 26.0. The number of ether oxygens (including phenoxy) is 1. The predicted molar refractivity (Wildman–Crippen MR) is 165 cm³/mol. The Balaban J connectivity index is 1.74. The van der Waals surface area contributed by atoms with Crippen molar-refractivity contribution in [2.45, 2.75) is 62.6 Å². The van der Waals surface area contributed by atoms with E-state index >= 15 is 0 Å². The third-order valence-electron chi connectivity index (χ3n) is 7.38. The molecule has 1 atom stereocenters. The number of nitrogens with one attached hydrogen (secondary N) is 1. The molecule has 11 heteroatoms. The van der Waals surface area contributed by atoms with Gasteiger partial charge in [0.15, 0.2) is 0 Å². The number of sulfonamides is 1. The molecule has 1 aliphatic carbocycles. The maximum atomic E-state index is 14.2. The fourth-order valence-corrected chi connectivity index (χ4v) is 7.07. The number of anilines is 1. The van der Waals surface area contributed by atoms with Crippen molar-refractivity contribution in [3.63, 3.8) is 0 Å². The van der Waals surface area contributed by atoms with E-state index in [1.807, 2.05) is 13.0 Å². The van der Waals surface area contributed by atoms with Gasteiger partial charge in [-0.3, -0.25) is 13.9 Å². The molecule has 0 heterocycles. The van der Waals surface area contributed by atoms with Gasteiger partial charge in [-0.05, 0) is 61.2 Å². The van der Waals surface area contributed by atoms with Crippen LogP contribution in [0.2, 0.25) is 10.0 Å². The molecule has 8 nitrogen and oxygen atoms in total. The Morgan fingerprint density at radius 2 is 1.69 bits per heavy atom. The van der Waals surface area contributed by atoms with Crippen LogP contribution in [0.5, 0.6) is 5.75 Å². The molecule has 1 fully saturated rings. The second-order valence-corrected chi connectivity index (χ2v) is 12.8. The van der Waals surface area contributed by atoms with Crippen LogP contribution in [0.25, 0.3) is 0 Å². The Labute approximate surface area is 257 Å². The van der Waals surface area contributed by atoms with E-state index < -0.39 is 28.5 Å². The molecule has 3 aromatic carbocycles. The van der Waals surface area contributed by atoms with E-state index in [-0.39, 0.29) is 39.1 Å². The molecule has 1 N–H and O–H groups in total. The van der Waals surface area contributed by atoms with E-state index in [0.717, 1.165) is 35.6 Å². The number of amides is 2. The SMILES string of the molecule is CC[C@H](C(=O)NC1CCCC1)N(Cc1cccc(OC)c1)C(=O)CN(c1cccc(Cl)c1Cl)S(=O)(=O)c1ccccc1. The molecule has 0 aromatic heterocycles. The average Bonchev–Trinajstić information content (AvgIpc) is 3.51. The lowest BCUT2D eigenvalue weighted by molar-refractivity contribution is -0.140. The van der Waals surface area contributed by atoms with E-state index in [2.05, 4.69) is 5.32 Å². The number of nitrogens with zero attached hydrogens (tertiary/aromatic N) is 2. The molecule has 4 rings (SSSR count). The van der Waals surface area contributed by atoms with Gasteiger partial charge in [0, 0.05) is 12.6 Å². The minimum atomic E-state index is -4.25. The van der Waals surface area contributed by atoms with E-state index in [0.29, 0.717) is 12.2 Å². The van der Waals surface area contributed by atoms with Gasteiger partial charge in [0.2, 0.25) is 11.8 Å². The Morgan fingerprint density at radius 1 is 1.00 bits per heavy atom. The molecule has 224 valence electrons. The lowest BCUT2D eigenvalue weighted by Gasteiger charge is -2.34. The maximum absolute atomic E-state index is 14.2. The van der Waals surface area contributed by atoms with Crippen molar-refractivity contribution in [2.24, 2.45) is 0 Å². The molecular weight excluding hydrogens is 597 g/mol. The number of rotatable bonds is 12. The normalized spacial score (nSPS) is 14.3. The van der Waals surface area contributed by atoms with Crippen LogP contribution in [0.1, 0.15) is 44.6 Å². The Kier molecular flexibility index (Phi) is 10.8. The minimum absolute atomic E-state index is 0.00293. The molecule has 0 bridgehead atoms. The van der Waals surface area contributed by atoms with Gasteiger partial charge in [-0.2, -0.15) is 0 Å². The highest BCUT2D eigenvalue weighted by Gasteiger charge is 2.35. The van der Waals surface area contributed by atoms with Crippen LogP contribution in [0.15, 0.2) is 77.7 Å². The van der Waals surface area contributed by atoms with Crippen LogP contribution in [-0.2, 0) is 26.2 Å². The summed E-state index contributed by atoms with van der Waals surface area (Å²) in [5.41, 5.74) is 0.791. The summed E-state index contributed by atoms with van der Waals surface area (Å²) < 4.78 is 34.2. The molecule has 1 saturated carbocycles. The molecule has 2 amide bonds. The summed E-state index contributed by atoms with van der Waals surface area (Å²) in [6.07, 6.45) is 4.20. The Hall–Kier alpha value is -3.27. The number of benzene rings is 3. The first-order valence-electron chi connectivity index (χ1n) is 13.9. The fraction of sp³-hybridized carbons (Fsp3) is 0.355.